The minimum absolute atomic E-state index is 0.241. The molecule has 0 aromatic rings. The van der Waals surface area contributed by atoms with Crippen LogP contribution in [0.25, 0.3) is 0 Å². The minimum Gasteiger partial charge on any atom is -0.381 e. The number of methoxy groups -OCH3 is 1. The van der Waals surface area contributed by atoms with Crippen LogP contribution >= 0.6 is 0 Å². The topological polar surface area (TPSA) is 26.3 Å². The van der Waals surface area contributed by atoms with Crippen molar-refractivity contribution in [2.75, 3.05) is 7.11 Å². The normalized spacial score (nSPS) is 16.4. The number of carbonyl (C=O) groups is 1. The molecule has 0 heterocycles. The molecule has 0 rings (SSSR count). The Kier molecular flexibility index (Phi) is 7.40. The highest BCUT2D eigenvalue weighted by Gasteiger charge is 2.14. The van der Waals surface area contributed by atoms with Crippen molar-refractivity contribution in [3.05, 3.63) is 11.6 Å². The predicted molar refractivity (Wildman–Crippen MR) is 59.3 cm³/mol. The number of hydrogen-bond donors (Lipinski definition) is 0. The van der Waals surface area contributed by atoms with Gasteiger partial charge in [-0.2, -0.15) is 0 Å². The Morgan fingerprint density at radius 3 is 2.57 bits per heavy atom. The second-order valence-corrected chi connectivity index (χ2v) is 3.84. The van der Waals surface area contributed by atoms with Crippen LogP contribution in [0, 0.1) is 5.92 Å². The summed E-state index contributed by atoms with van der Waals surface area (Å²) in [6.45, 7) is 6.20. The first-order valence-corrected chi connectivity index (χ1v) is 5.30. The van der Waals surface area contributed by atoms with Gasteiger partial charge in [0.2, 0.25) is 0 Å². The number of hydrogen-bond acceptors (Lipinski definition) is 2. The van der Waals surface area contributed by atoms with Gasteiger partial charge < -0.3 is 4.74 Å². The Bertz CT molecular complexity index is 185. The Hall–Kier alpha value is -0.630. The Morgan fingerprint density at radius 1 is 1.50 bits per heavy atom. The molecule has 0 aliphatic heterocycles. The average Bonchev–Trinajstić information content (AvgIpc) is 2.18. The fraction of sp³-hybridized carbons (Fsp3) is 0.750. The molecule has 0 N–H and O–H groups in total. The minimum atomic E-state index is 0.241. The molecule has 0 radical (unpaired) electrons. The summed E-state index contributed by atoms with van der Waals surface area (Å²) in [6.07, 6.45) is 6.27. The number of allylic oxidation sites excluding steroid dienone is 1. The monoisotopic (exact) mass is 198 g/mol. The highest BCUT2D eigenvalue weighted by Crippen LogP contribution is 2.17. The summed E-state index contributed by atoms with van der Waals surface area (Å²) in [6, 6.07) is 0. The molecule has 0 fully saturated rings. The molecule has 0 bridgehead atoms. The third-order valence-corrected chi connectivity index (χ3v) is 2.54. The lowest BCUT2D eigenvalue weighted by Gasteiger charge is -2.20. The predicted octanol–water partition coefficient (Wildman–Crippen LogP) is 2.97. The van der Waals surface area contributed by atoms with E-state index in [4.69, 9.17) is 4.74 Å². The van der Waals surface area contributed by atoms with Gasteiger partial charge in [0.15, 0.2) is 0 Å². The summed E-state index contributed by atoms with van der Waals surface area (Å²) in [5.41, 5.74) is 0.788. The van der Waals surface area contributed by atoms with Crippen LogP contribution in [0.2, 0.25) is 0 Å². The fourth-order valence-corrected chi connectivity index (χ4v) is 1.55. The van der Waals surface area contributed by atoms with Crippen molar-refractivity contribution >= 4 is 6.29 Å². The molecular formula is C12H22O2. The van der Waals surface area contributed by atoms with E-state index in [0.717, 1.165) is 18.3 Å². The van der Waals surface area contributed by atoms with Crippen LogP contribution in [0.3, 0.4) is 0 Å². The summed E-state index contributed by atoms with van der Waals surface area (Å²) < 4.78 is 5.40. The molecule has 2 nitrogen and oxygen atoms in total. The van der Waals surface area contributed by atoms with E-state index in [-0.39, 0.29) is 6.10 Å². The zero-order valence-corrected chi connectivity index (χ0v) is 9.75. The second kappa shape index (κ2) is 7.74. The van der Waals surface area contributed by atoms with Crippen LogP contribution in [0.15, 0.2) is 11.6 Å². The first-order chi connectivity index (χ1) is 6.65. The molecule has 82 valence electrons. The molecule has 0 aliphatic rings. The van der Waals surface area contributed by atoms with Crippen molar-refractivity contribution in [1.82, 2.24) is 0 Å². The molecule has 0 aliphatic carbocycles. The third-order valence-electron chi connectivity index (χ3n) is 2.54. The highest BCUT2D eigenvalue weighted by atomic mass is 16.5. The van der Waals surface area contributed by atoms with Crippen molar-refractivity contribution in [3.63, 3.8) is 0 Å². The summed E-state index contributed by atoms with van der Waals surface area (Å²) in [4.78, 5) is 10.4. The van der Waals surface area contributed by atoms with Gasteiger partial charge >= 0.3 is 0 Å². The van der Waals surface area contributed by atoms with Crippen molar-refractivity contribution in [1.29, 1.82) is 0 Å². The van der Waals surface area contributed by atoms with E-state index in [9.17, 15) is 4.79 Å². The summed E-state index contributed by atoms with van der Waals surface area (Å²) in [7, 11) is 1.74. The van der Waals surface area contributed by atoms with Gasteiger partial charge in [-0.1, -0.05) is 26.3 Å². The van der Waals surface area contributed by atoms with E-state index >= 15 is 0 Å². The van der Waals surface area contributed by atoms with Crippen LogP contribution in [0.5, 0.6) is 0 Å². The molecule has 0 spiro atoms. The van der Waals surface area contributed by atoms with E-state index in [1.54, 1.807) is 7.11 Å². The summed E-state index contributed by atoms with van der Waals surface area (Å²) >= 11 is 0. The number of rotatable bonds is 7. The van der Waals surface area contributed by atoms with Gasteiger partial charge in [-0.3, -0.25) is 4.79 Å². The Labute approximate surface area is 87.3 Å². The second-order valence-electron chi connectivity index (χ2n) is 3.84. The van der Waals surface area contributed by atoms with Crippen molar-refractivity contribution in [2.45, 2.75) is 46.1 Å². The van der Waals surface area contributed by atoms with Crippen molar-refractivity contribution < 1.29 is 9.53 Å². The van der Waals surface area contributed by atoms with E-state index in [1.165, 1.54) is 12.8 Å². The lowest BCUT2D eigenvalue weighted by atomic mass is 9.96. The Balaban J connectivity index is 4.07. The SMILES string of the molecule is CCCC(C)C(CC=C(C)C=O)OC. The maximum atomic E-state index is 10.4. The lowest BCUT2D eigenvalue weighted by Crippen LogP contribution is -2.19. The summed E-state index contributed by atoms with van der Waals surface area (Å²) in [5.74, 6) is 0.556. The first kappa shape index (κ1) is 13.4. The van der Waals surface area contributed by atoms with Crippen LogP contribution in [-0.4, -0.2) is 19.5 Å². The van der Waals surface area contributed by atoms with E-state index < -0.39 is 0 Å². The number of aldehydes is 1. The molecular weight excluding hydrogens is 176 g/mol. The molecule has 0 aromatic heterocycles. The highest BCUT2D eigenvalue weighted by molar-refractivity contribution is 5.71. The van der Waals surface area contributed by atoms with Crippen LogP contribution in [0.1, 0.15) is 40.0 Å². The largest absolute Gasteiger partial charge is 0.381 e. The standard InChI is InChI=1S/C12H22O2/c1-5-6-11(3)12(14-4)8-7-10(2)9-13/h7,9,11-12H,5-6,8H2,1-4H3. The van der Waals surface area contributed by atoms with Gasteiger partial charge in [-0.15, -0.1) is 0 Å². The molecule has 0 aromatic carbocycles. The van der Waals surface area contributed by atoms with Crippen LogP contribution < -0.4 is 0 Å². The molecule has 14 heavy (non-hydrogen) atoms. The number of carbonyl (C=O) groups excluding carboxylic acids is 1. The zero-order valence-electron chi connectivity index (χ0n) is 9.75. The van der Waals surface area contributed by atoms with Gasteiger partial charge in [0.05, 0.1) is 6.10 Å². The van der Waals surface area contributed by atoms with Gasteiger partial charge in [0.1, 0.15) is 6.29 Å². The van der Waals surface area contributed by atoms with Gasteiger partial charge in [0.25, 0.3) is 0 Å². The smallest absolute Gasteiger partial charge is 0.145 e. The quantitative estimate of drug-likeness (QED) is 0.464. The summed E-state index contributed by atoms with van der Waals surface area (Å²) in [5, 5.41) is 0. The fourth-order valence-electron chi connectivity index (χ4n) is 1.55. The molecule has 0 amide bonds. The maximum Gasteiger partial charge on any atom is 0.145 e. The molecule has 2 heteroatoms. The zero-order chi connectivity index (χ0) is 11.0. The number of ether oxygens (including phenoxy) is 1. The molecule has 2 unspecified atom stereocenters. The van der Waals surface area contributed by atoms with E-state index in [2.05, 4.69) is 13.8 Å². The average molecular weight is 198 g/mol. The van der Waals surface area contributed by atoms with E-state index in [0.29, 0.717) is 5.92 Å². The first-order valence-electron chi connectivity index (χ1n) is 5.30. The van der Waals surface area contributed by atoms with E-state index in [1.807, 2.05) is 13.0 Å². The maximum absolute atomic E-state index is 10.4. The van der Waals surface area contributed by atoms with Gasteiger partial charge in [0, 0.05) is 7.11 Å². The lowest BCUT2D eigenvalue weighted by molar-refractivity contribution is -0.104. The molecule has 0 saturated carbocycles. The van der Waals surface area contributed by atoms with Crippen molar-refractivity contribution in [2.24, 2.45) is 5.92 Å². The third kappa shape index (κ3) is 5.18. The van der Waals surface area contributed by atoms with Gasteiger partial charge in [-0.05, 0) is 31.3 Å². The van der Waals surface area contributed by atoms with Gasteiger partial charge in [-0.25, -0.2) is 0 Å². The molecule has 2 atom stereocenters. The van der Waals surface area contributed by atoms with Crippen LogP contribution in [0.4, 0.5) is 0 Å². The Morgan fingerprint density at radius 2 is 2.14 bits per heavy atom. The van der Waals surface area contributed by atoms with Crippen LogP contribution in [-0.2, 0) is 9.53 Å². The molecule has 0 saturated heterocycles. The van der Waals surface area contributed by atoms with Crippen molar-refractivity contribution in [3.8, 4) is 0 Å².